The highest BCUT2D eigenvalue weighted by molar-refractivity contribution is 6.34. The van der Waals surface area contributed by atoms with Gasteiger partial charge in [-0.15, -0.1) is 0 Å². The SMILES string of the molecule is COc1ccc(C(=O)NCCN(C)C)c(Cl)c1. The average molecular weight is 257 g/mol. The molecule has 0 unspecified atom stereocenters. The molecule has 0 radical (unpaired) electrons. The zero-order chi connectivity index (χ0) is 12.8. The minimum Gasteiger partial charge on any atom is -0.497 e. The first kappa shape index (κ1) is 13.8. The van der Waals surface area contributed by atoms with E-state index in [2.05, 4.69) is 5.32 Å². The number of rotatable bonds is 5. The monoisotopic (exact) mass is 256 g/mol. The third kappa shape index (κ3) is 4.24. The first-order valence-electron chi connectivity index (χ1n) is 5.31. The fourth-order valence-electron chi connectivity index (χ4n) is 1.30. The maximum absolute atomic E-state index is 11.8. The largest absolute Gasteiger partial charge is 0.497 e. The van der Waals surface area contributed by atoms with Gasteiger partial charge in [0, 0.05) is 13.1 Å². The van der Waals surface area contributed by atoms with Crippen molar-refractivity contribution >= 4 is 17.5 Å². The molecule has 4 nitrogen and oxygen atoms in total. The third-order valence-corrected chi connectivity index (χ3v) is 2.58. The smallest absolute Gasteiger partial charge is 0.252 e. The minimum absolute atomic E-state index is 0.167. The molecule has 1 N–H and O–H groups in total. The van der Waals surface area contributed by atoms with E-state index in [1.54, 1.807) is 25.3 Å². The Balaban J connectivity index is 2.63. The molecule has 1 amide bonds. The molecule has 0 heterocycles. The number of likely N-dealkylation sites (N-methyl/N-ethyl adjacent to an activating group) is 1. The number of halogens is 1. The predicted octanol–water partition coefficient (Wildman–Crippen LogP) is 1.64. The average Bonchev–Trinajstić information content (AvgIpc) is 2.28. The van der Waals surface area contributed by atoms with Crippen molar-refractivity contribution in [2.45, 2.75) is 0 Å². The van der Waals surface area contributed by atoms with Gasteiger partial charge in [-0.2, -0.15) is 0 Å². The highest BCUT2D eigenvalue weighted by atomic mass is 35.5. The number of amides is 1. The topological polar surface area (TPSA) is 41.6 Å². The van der Waals surface area contributed by atoms with Gasteiger partial charge in [-0.05, 0) is 32.3 Å². The number of hydrogen-bond donors (Lipinski definition) is 1. The van der Waals surface area contributed by atoms with E-state index in [-0.39, 0.29) is 5.91 Å². The van der Waals surface area contributed by atoms with E-state index in [1.165, 1.54) is 0 Å². The maximum Gasteiger partial charge on any atom is 0.252 e. The molecule has 5 heteroatoms. The highest BCUT2D eigenvalue weighted by Crippen LogP contribution is 2.22. The van der Waals surface area contributed by atoms with Crippen LogP contribution in [0.25, 0.3) is 0 Å². The Kier molecular flexibility index (Phi) is 5.25. The van der Waals surface area contributed by atoms with Gasteiger partial charge < -0.3 is 15.0 Å². The van der Waals surface area contributed by atoms with Crippen molar-refractivity contribution < 1.29 is 9.53 Å². The van der Waals surface area contributed by atoms with E-state index < -0.39 is 0 Å². The molecule has 1 aromatic rings. The number of benzene rings is 1. The van der Waals surface area contributed by atoms with Crippen molar-refractivity contribution in [3.8, 4) is 5.75 Å². The van der Waals surface area contributed by atoms with Gasteiger partial charge in [-0.3, -0.25) is 4.79 Å². The Bertz CT molecular complexity index is 394. The number of nitrogens with zero attached hydrogens (tertiary/aromatic N) is 1. The van der Waals surface area contributed by atoms with Crippen LogP contribution in [0.15, 0.2) is 18.2 Å². The number of carbonyl (C=O) groups excluding carboxylic acids is 1. The Labute approximate surface area is 107 Å². The van der Waals surface area contributed by atoms with Crippen LogP contribution in [0.2, 0.25) is 5.02 Å². The van der Waals surface area contributed by atoms with Crippen LogP contribution >= 0.6 is 11.6 Å². The van der Waals surface area contributed by atoms with Gasteiger partial charge in [0.05, 0.1) is 17.7 Å². The van der Waals surface area contributed by atoms with Crippen molar-refractivity contribution in [2.75, 3.05) is 34.3 Å². The van der Waals surface area contributed by atoms with E-state index >= 15 is 0 Å². The maximum atomic E-state index is 11.8. The predicted molar refractivity (Wildman–Crippen MR) is 68.9 cm³/mol. The molecule has 94 valence electrons. The van der Waals surface area contributed by atoms with Crippen molar-refractivity contribution in [1.82, 2.24) is 10.2 Å². The molecule has 0 aromatic heterocycles. The van der Waals surface area contributed by atoms with Crippen molar-refractivity contribution in [1.29, 1.82) is 0 Å². The van der Waals surface area contributed by atoms with Crippen LogP contribution in [-0.2, 0) is 0 Å². The number of nitrogens with one attached hydrogen (secondary N) is 1. The van der Waals surface area contributed by atoms with E-state index in [0.29, 0.717) is 22.9 Å². The molecule has 0 aliphatic rings. The van der Waals surface area contributed by atoms with Crippen molar-refractivity contribution in [2.24, 2.45) is 0 Å². The van der Waals surface area contributed by atoms with Gasteiger partial charge in [-0.1, -0.05) is 11.6 Å². The zero-order valence-electron chi connectivity index (χ0n) is 10.3. The number of hydrogen-bond acceptors (Lipinski definition) is 3. The van der Waals surface area contributed by atoms with Gasteiger partial charge in [-0.25, -0.2) is 0 Å². The van der Waals surface area contributed by atoms with Gasteiger partial charge in [0.15, 0.2) is 0 Å². The lowest BCUT2D eigenvalue weighted by atomic mass is 10.2. The molecule has 0 saturated carbocycles. The summed E-state index contributed by atoms with van der Waals surface area (Å²) in [5.74, 6) is 0.472. The molecular formula is C12H17ClN2O2. The van der Waals surface area contributed by atoms with E-state index in [4.69, 9.17) is 16.3 Å². The molecule has 0 saturated heterocycles. The van der Waals surface area contributed by atoms with E-state index in [1.807, 2.05) is 19.0 Å². The van der Waals surface area contributed by atoms with Crippen LogP contribution in [0.1, 0.15) is 10.4 Å². The van der Waals surface area contributed by atoms with Crippen LogP contribution in [0.5, 0.6) is 5.75 Å². The molecule has 1 aromatic carbocycles. The van der Waals surface area contributed by atoms with Crippen LogP contribution < -0.4 is 10.1 Å². The standard InChI is InChI=1S/C12H17ClN2O2/c1-15(2)7-6-14-12(16)10-5-4-9(17-3)8-11(10)13/h4-5,8H,6-7H2,1-3H3,(H,14,16). The summed E-state index contributed by atoms with van der Waals surface area (Å²) in [6.45, 7) is 1.38. The number of carbonyl (C=O) groups is 1. The summed E-state index contributed by atoms with van der Waals surface area (Å²) in [6, 6.07) is 5.00. The Hall–Kier alpha value is -1.26. The van der Waals surface area contributed by atoms with E-state index in [0.717, 1.165) is 6.54 Å². The zero-order valence-corrected chi connectivity index (χ0v) is 11.0. The summed E-state index contributed by atoms with van der Waals surface area (Å²) < 4.78 is 5.02. The van der Waals surface area contributed by atoms with Gasteiger partial charge in [0.1, 0.15) is 5.75 Å². The van der Waals surface area contributed by atoms with Gasteiger partial charge in [0.25, 0.3) is 5.91 Å². The molecule has 0 atom stereocenters. The molecule has 0 bridgehead atoms. The lowest BCUT2D eigenvalue weighted by molar-refractivity contribution is 0.0951. The summed E-state index contributed by atoms with van der Waals surface area (Å²) >= 11 is 5.99. The van der Waals surface area contributed by atoms with Crippen molar-refractivity contribution in [3.63, 3.8) is 0 Å². The lowest BCUT2D eigenvalue weighted by Crippen LogP contribution is -2.31. The van der Waals surface area contributed by atoms with Gasteiger partial charge >= 0.3 is 0 Å². The highest BCUT2D eigenvalue weighted by Gasteiger charge is 2.10. The lowest BCUT2D eigenvalue weighted by Gasteiger charge is -2.11. The Morgan fingerprint density at radius 3 is 2.71 bits per heavy atom. The minimum atomic E-state index is -0.167. The summed E-state index contributed by atoms with van der Waals surface area (Å²) in [5, 5.41) is 3.20. The summed E-state index contributed by atoms with van der Waals surface area (Å²) in [4.78, 5) is 13.8. The molecule has 0 spiro atoms. The number of methoxy groups -OCH3 is 1. The Morgan fingerprint density at radius 2 is 2.18 bits per heavy atom. The second kappa shape index (κ2) is 6.47. The third-order valence-electron chi connectivity index (χ3n) is 2.27. The molecule has 0 fully saturated rings. The van der Waals surface area contributed by atoms with E-state index in [9.17, 15) is 4.79 Å². The quantitative estimate of drug-likeness (QED) is 0.871. The summed E-state index contributed by atoms with van der Waals surface area (Å²) in [7, 11) is 5.46. The summed E-state index contributed by atoms with van der Waals surface area (Å²) in [6.07, 6.45) is 0. The Morgan fingerprint density at radius 1 is 1.47 bits per heavy atom. The van der Waals surface area contributed by atoms with Crippen LogP contribution in [0.4, 0.5) is 0 Å². The fraction of sp³-hybridized carbons (Fsp3) is 0.417. The van der Waals surface area contributed by atoms with Crippen LogP contribution in [0, 0.1) is 0 Å². The fourth-order valence-corrected chi connectivity index (χ4v) is 1.55. The van der Waals surface area contributed by atoms with Gasteiger partial charge in [0.2, 0.25) is 0 Å². The number of ether oxygens (including phenoxy) is 1. The molecule has 17 heavy (non-hydrogen) atoms. The molecule has 0 aliphatic carbocycles. The second-order valence-corrected chi connectivity index (χ2v) is 4.31. The molecular weight excluding hydrogens is 240 g/mol. The van der Waals surface area contributed by atoms with Crippen LogP contribution in [0.3, 0.4) is 0 Å². The second-order valence-electron chi connectivity index (χ2n) is 3.90. The first-order chi connectivity index (χ1) is 8.04. The first-order valence-corrected chi connectivity index (χ1v) is 5.69. The summed E-state index contributed by atoms with van der Waals surface area (Å²) in [5.41, 5.74) is 0.464. The molecule has 0 aliphatic heterocycles. The molecule has 1 rings (SSSR count). The normalized spacial score (nSPS) is 10.4. The van der Waals surface area contributed by atoms with Crippen LogP contribution in [-0.4, -0.2) is 45.1 Å². The van der Waals surface area contributed by atoms with Crippen molar-refractivity contribution in [3.05, 3.63) is 28.8 Å².